The smallest absolute Gasteiger partial charge is 0.341 e. The number of hydrogen-bond acceptors (Lipinski definition) is 14. The van der Waals surface area contributed by atoms with E-state index in [9.17, 15) is 38.4 Å². The van der Waals surface area contributed by atoms with Crippen molar-refractivity contribution in [2.45, 2.75) is 78.7 Å². The average molecular weight is 898 g/mol. The third-order valence-electron chi connectivity index (χ3n) is 11.2. The van der Waals surface area contributed by atoms with Crippen LogP contribution in [0.2, 0.25) is 0 Å². The summed E-state index contributed by atoms with van der Waals surface area (Å²) in [4.78, 5) is 110. The molecule has 3 heterocycles. The van der Waals surface area contributed by atoms with E-state index in [1.54, 1.807) is 44.2 Å². The monoisotopic (exact) mass is 897 g/mol. The summed E-state index contributed by atoms with van der Waals surface area (Å²) < 4.78 is 21.3. The van der Waals surface area contributed by atoms with Crippen molar-refractivity contribution < 1.29 is 57.3 Å². The lowest BCUT2D eigenvalue weighted by molar-refractivity contribution is -0.151. The van der Waals surface area contributed by atoms with Gasteiger partial charge in [-0.3, -0.25) is 24.1 Å². The second kappa shape index (κ2) is 19.5. The third-order valence-corrected chi connectivity index (χ3v) is 13.5. The molecule has 0 saturated heterocycles. The minimum absolute atomic E-state index is 0.0807. The number of thiophene rings is 2. The van der Waals surface area contributed by atoms with Crippen LogP contribution in [0.5, 0.6) is 0 Å². The van der Waals surface area contributed by atoms with Crippen molar-refractivity contribution in [3.8, 4) is 0 Å². The Labute approximate surface area is 371 Å². The lowest BCUT2D eigenvalue weighted by atomic mass is 9.88. The Bertz CT molecular complexity index is 2490. The summed E-state index contributed by atoms with van der Waals surface area (Å²) >= 11 is 2.58. The second-order valence-corrected chi connectivity index (χ2v) is 18.0. The highest BCUT2D eigenvalue weighted by atomic mass is 32.1. The van der Waals surface area contributed by atoms with Crippen molar-refractivity contribution in [3.05, 3.63) is 103 Å². The van der Waals surface area contributed by atoms with Crippen LogP contribution in [-0.4, -0.2) is 84.9 Å². The highest BCUT2D eigenvalue weighted by Gasteiger charge is 2.44. The summed E-state index contributed by atoms with van der Waals surface area (Å²) in [7, 11) is 0. The normalized spacial score (nSPS) is 16.9. The van der Waals surface area contributed by atoms with Crippen LogP contribution in [0.1, 0.15) is 119 Å². The van der Waals surface area contributed by atoms with Gasteiger partial charge in [-0.15, -0.1) is 22.7 Å². The largest absolute Gasteiger partial charge is 0.462 e. The maximum atomic E-state index is 14.0. The number of esters is 4. The quantitative estimate of drug-likeness (QED) is 0.0738. The maximum Gasteiger partial charge on any atom is 0.341 e. The molecule has 1 aliphatic heterocycles. The molecule has 0 radical (unpaired) electrons. The van der Waals surface area contributed by atoms with Gasteiger partial charge in [0.15, 0.2) is 13.2 Å². The Morgan fingerprint density at radius 3 is 1.75 bits per heavy atom. The van der Waals surface area contributed by atoms with E-state index in [0.29, 0.717) is 51.4 Å². The highest BCUT2D eigenvalue weighted by Crippen LogP contribution is 2.41. The molecule has 2 aliphatic carbocycles. The number of carbonyl (C=O) groups excluding carboxylic acids is 8. The molecule has 0 unspecified atom stereocenters. The van der Waals surface area contributed by atoms with Crippen LogP contribution in [0.4, 0.5) is 10.0 Å². The number of nitrogens with zero attached hydrogens (tertiary/aromatic N) is 1. The van der Waals surface area contributed by atoms with E-state index in [1.165, 1.54) is 34.8 Å². The van der Waals surface area contributed by atoms with E-state index in [-0.39, 0.29) is 36.3 Å². The Hall–Kier alpha value is -6.20. The van der Waals surface area contributed by atoms with E-state index in [4.69, 9.17) is 18.9 Å². The van der Waals surface area contributed by atoms with Crippen LogP contribution in [0.25, 0.3) is 0 Å². The molecule has 15 nitrogen and oxygen atoms in total. The van der Waals surface area contributed by atoms with Gasteiger partial charge in [0.1, 0.15) is 16.0 Å². The molecule has 3 atom stereocenters. The summed E-state index contributed by atoms with van der Waals surface area (Å²) in [5.74, 6) is -5.41. The first kappa shape index (κ1) is 44.8. The fourth-order valence-corrected chi connectivity index (χ4v) is 10.9. The van der Waals surface area contributed by atoms with Gasteiger partial charge in [0.25, 0.3) is 23.6 Å². The molecule has 4 aromatic rings. The van der Waals surface area contributed by atoms with Gasteiger partial charge >= 0.3 is 23.9 Å². The summed E-state index contributed by atoms with van der Waals surface area (Å²) in [5, 5.41) is 6.01. The molecule has 4 amide bonds. The van der Waals surface area contributed by atoms with Crippen molar-refractivity contribution in [2.75, 3.05) is 37.1 Å². The second-order valence-electron chi connectivity index (χ2n) is 15.8. The van der Waals surface area contributed by atoms with Crippen LogP contribution < -0.4 is 10.6 Å². The third kappa shape index (κ3) is 9.74. The van der Waals surface area contributed by atoms with Crippen LogP contribution in [-0.2, 0) is 65.4 Å². The lowest BCUT2D eigenvalue weighted by Gasteiger charge is -2.24. The van der Waals surface area contributed by atoms with Crippen LogP contribution in [0.3, 0.4) is 0 Å². The Morgan fingerprint density at radius 2 is 1.21 bits per heavy atom. The summed E-state index contributed by atoms with van der Waals surface area (Å²) in [6, 6.07) is 10.8. The highest BCUT2D eigenvalue weighted by molar-refractivity contribution is 7.17. The summed E-state index contributed by atoms with van der Waals surface area (Å²) in [6.45, 7) is 6.43. The van der Waals surface area contributed by atoms with Crippen LogP contribution in [0.15, 0.2) is 48.5 Å². The molecule has 17 heteroatoms. The van der Waals surface area contributed by atoms with Crippen molar-refractivity contribution >= 4 is 80.2 Å². The molecule has 0 saturated carbocycles. The van der Waals surface area contributed by atoms with E-state index in [0.717, 1.165) is 57.5 Å². The fourth-order valence-electron chi connectivity index (χ4n) is 8.08. The summed E-state index contributed by atoms with van der Waals surface area (Å²) in [6.07, 6.45) is 4.46. The number of nitrogens with one attached hydrogen (secondary N) is 2. The van der Waals surface area contributed by atoms with Crippen LogP contribution >= 0.6 is 22.7 Å². The van der Waals surface area contributed by atoms with Gasteiger partial charge in [0, 0.05) is 16.2 Å². The molecular formula is C46H47N3O12S2. The molecule has 7 rings (SSSR count). The molecule has 0 fully saturated rings. The van der Waals surface area contributed by atoms with Gasteiger partial charge in [-0.05, 0) is 99.1 Å². The van der Waals surface area contributed by atoms with Gasteiger partial charge in [-0.25, -0.2) is 19.2 Å². The minimum atomic E-state index is -1.51. The first-order valence-electron chi connectivity index (χ1n) is 20.9. The SMILES string of the molecule is CCOC(=O)c1c(NC(=O)COC(=O)c2ccc3c(c2)C(=O)N([C@@H](Cc2ccccc2)C(=O)OCC(=O)Nc2sc4c(c2C(=O)OCC)CC[C@H](C)C4)C3=O)sc2c1CC[C@@H](C)C2. The average Bonchev–Trinajstić information content (AvgIpc) is 3.88. The van der Waals surface area contributed by atoms with Gasteiger partial charge in [-0.1, -0.05) is 44.2 Å². The number of rotatable bonds is 15. The predicted octanol–water partition coefficient (Wildman–Crippen LogP) is 6.60. The number of imide groups is 1. The van der Waals surface area contributed by atoms with E-state index in [2.05, 4.69) is 24.5 Å². The number of amides is 4. The first-order valence-corrected chi connectivity index (χ1v) is 22.5. The van der Waals surface area contributed by atoms with E-state index in [1.807, 2.05) is 0 Å². The molecule has 330 valence electrons. The Kier molecular flexibility index (Phi) is 13.9. The molecule has 0 bridgehead atoms. The standard InChI is InChI=1S/C46H47N3O12S2/c1-5-58-45(56)37-29-15-12-24(3)18-33(29)62-39(37)47-35(50)22-60-43(54)27-14-17-28-31(21-27)42(53)49(41(28)52)32(20-26-10-8-7-9-11-26)44(55)61-23-36(51)48-40-38(46(57)59-6-2)30-16-13-25(4)19-34(30)63-40/h7-11,14,17,21,24-25,32H,5-6,12-13,15-16,18-20,22-23H2,1-4H3,(H,47,50)(H,48,51)/t24-,25+,32+/m1/s1. The Morgan fingerprint density at radius 1 is 0.683 bits per heavy atom. The van der Waals surface area contributed by atoms with Gasteiger partial charge in [0.05, 0.1) is 41.0 Å². The van der Waals surface area contributed by atoms with Gasteiger partial charge < -0.3 is 29.6 Å². The Balaban J connectivity index is 1.03. The fraction of sp³-hybridized carbons (Fsp3) is 0.391. The van der Waals surface area contributed by atoms with Crippen molar-refractivity contribution in [1.29, 1.82) is 0 Å². The zero-order valence-corrected chi connectivity index (χ0v) is 36.9. The number of ether oxygens (including phenoxy) is 4. The zero-order valence-electron chi connectivity index (χ0n) is 35.3. The topological polar surface area (TPSA) is 201 Å². The lowest BCUT2D eigenvalue weighted by Crippen LogP contribution is -2.47. The molecule has 0 spiro atoms. The molecule has 3 aliphatic rings. The first-order chi connectivity index (χ1) is 30.3. The number of anilines is 2. The number of fused-ring (bicyclic) bond motifs is 3. The van der Waals surface area contributed by atoms with Crippen molar-refractivity contribution in [2.24, 2.45) is 11.8 Å². The van der Waals surface area contributed by atoms with Crippen molar-refractivity contribution in [1.82, 2.24) is 4.90 Å². The maximum absolute atomic E-state index is 14.0. The van der Waals surface area contributed by atoms with Gasteiger partial charge in [-0.2, -0.15) is 0 Å². The molecule has 2 N–H and O–H groups in total. The summed E-state index contributed by atoms with van der Waals surface area (Å²) in [5.41, 5.74) is 2.49. The van der Waals surface area contributed by atoms with E-state index >= 15 is 0 Å². The molecule has 2 aromatic heterocycles. The number of benzene rings is 2. The minimum Gasteiger partial charge on any atom is -0.462 e. The number of hydrogen-bond donors (Lipinski definition) is 2. The predicted molar refractivity (Wildman–Crippen MR) is 232 cm³/mol. The molecule has 2 aromatic carbocycles. The zero-order chi connectivity index (χ0) is 44.9. The van der Waals surface area contributed by atoms with E-state index < -0.39 is 66.8 Å². The van der Waals surface area contributed by atoms with Gasteiger partial charge in [0.2, 0.25) is 0 Å². The van der Waals surface area contributed by atoms with Crippen molar-refractivity contribution in [3.63, 3.8) is 0 Å². The molecule has 63 heavy (non-hydrogen) atoms. The number of carbonyl (C=O) groups is 8. The van der Waals surface area contributed by atoms with Crippen LogP contribution in [0, 0.1) is 11.8 Å². The molecular weight excluding hydrogens is 851 g/mol.